The molecule has 17 heavy (non-hydrogen) atoms. The van der Waals surface area contributed by atoms with Gasteiger partial charge in [0.2, 0.25) is 5.79 Å². The third kappa shape index (κ3) is 3.70. The molecule has 0 aromatic carbocycles. The van der Waals surface area contributed by atoms with Crippen LogP contribution in [0, 0.1) is 5.41 Å². The summed E-state index contributed by atoms with van der Waals surface area (Å²) in [6, 6.07) is 0. The lowest BCUT2D eigenvalue weighted by molar-refractivity contribution is -0.190. The molecule has 0 heterocycles. The van der Waals surface area contributed by atoms with Gasteiger partial charge in [0.25, 0.3) is 0 Å². The maximum atomic E-state index is 11.3. The highest BCUT2D eigenvalue weighted by Crippen LogP contribution is 2.37. The molecule has 1 rings (SSSR count). The van der Waals surface area contributed by atoms with Gasteiger partial charge in [0.15, 0.2) is 0 Å². The monoisotopic (exact) mass is 238 g/mol. The van der Waals surface area contributed by atoms with Crippen LogP contribution in [0.1, 0.15) is 47.5 Å². The van der Waals surface area contributed by atoms with Gasteiger partial charge in [-0.1, -0.05) is 39.3 Å². The second-order valence-electron chi connectivity index (χ2n) is 5.66. The van der Waals surface area contributed by atoms with E-state index >= 15 is 0 Å². The average Bonchev–Trinajstić information content (AvgIpc) is 2.14. The Bertz CT molecular complexity index is 371. The van der Waals surface area contributed by atoms with Crippen molar-refractivity contribution in [2.45, 2.75) is 53.2 Å². The largest absolute Gasteiger partial charge is 0.429 e. The molecule has 0 spiro atoms. The molecule has 1 N–H and O–H groups in total. The van der Waals surface area contributed by atoms with Crippen LogP contribution in [0.3, 0.4) is 0 Å². The zero-order chi connectivity index (χ0) is 13.3. The fourth-order valence-corrected chi connectivity index (χ4v) is 1.86. The van der Waals surface area contributed by atoms with Gasteiger partial charge in [-0.05, 0) is 24.0 Å². The van der Waals surface area contributed by atoms with Crippen molar-refractivity contribution in [3.8, 4) is 0 Å². The molecule has 0 fully saturated rings. The molecule has 0 saturated carbocycles. The summed E-state index contributed by atoms with van der Waals surface area (Å²) in [4.78, 5) is 11.3. The van der Waals surface area contributed by atoms with Crippen molar-refractivity contribution >= 4 is 5.97 Å². The van der Waals surface area contributed by atoms with Gasteiger partial charge < -0.3 is 9.84 Å². The molecule has 0 saturated heterocycles. The number of allylic oxidation sites excluding steroid dienone is 2. The molecule has 0 aromatic rings. The van der Waals surface area contributed by atoms with Gasteiger partial charge in [-0.15, -0.1) is 0 Å². The Kier molecular flexibility index (Phi) is 3.82. The van der Waals surface area contributed by atoms with E-state index in [2.05, 4.69) is 20.8 Å². The summed E-state index contributed by atoms with van der Waals surface area (Å²) in [5, 5.41) is 10.3. The average molecular weight is 238 g/mol. The number of esters is 1. The van der Waals surface area contributed by atoms with Gasteiger partial charge in [0.05, 0.1) is 0 Å². The predicted molar refractivity (Wildman–Crippen MR) is 67.2 cm³/mol. The third-order valence-corrected chi connectivity index (χ3v) is 2.84. The van der Waals surface area contributed by atoms with Crippen molar-refractivity contribution in [3.63, 3.8) is 0 Å². The van der Waals surface area contributed by atoms with E-state index in [1.165, 1.54) is 0 Å². The molecule has 0 aromatic heterocycles. The number of carbonyl (C=O) groups is 1. The summed E-state index contributed by atoms with van der Waals surface area (Å²) < 4.78 is 5.12. The summed E-state index contributed by atoms with van der Waals surface area (Å²) in [5.41, 5.74) is 1.97. The number of carbonyl (C=O) groups excluding carboxylic acids is 1. The minimum absolute atomic E-state index is 0.0396. The molecule has 0 amide bonds. The van der Waals surface area contributed by atoms with Crippen LogP contribution in [-0.4, -0.2) is 16.9 Å². The highest BCUT2D eigenvalue weighted by Gasteiger charge is 2.35. The van der Waals surface area contributed by atoms with Crippen LogP contribution < -0.4 is 0 Å². The molecule has 1 aliphatic rings. The first kappa shape index (κ1) is 14.0. The van der Waals surface area contributed by atoms with Gasteiger partial charge in [-0.3, -0.25) is 4.79 Å². The van der Waals surface area contributed by atoms with Crippen LogP contribution in [0.15, 0.2) is 23.3 Å². The van der Waals surface area contributed by atoms with Gasteiger partial charge in [0, 0.05) is 12.8 Å². The first-order chi connectivity index (χ1) is 7.66. The molecule has 0 radical (unpaired) electrons. The highest BCUT2D eigenvalue weighted by atomic mass is 16.7. The maximum Gasteiger partial charge on any atom is 0.308 e. The van der Waals surface area contributed by atoms with Crippen molar-refractivity contribution in [2.75, 3.05) is 0 Å². The quantitative estimate of drug-likeness (QED) is 0.594. The van der Waals surface area contributed by atoms with E-state index in [-0.39, 0.29) is 17.8 Å². The number of aliphatic hydroxyl groups is 1. The minimum Gasteiger partial charge on any atom is -0.429 e. The van der Waals surface area contributed by atoms with E-state index in [1.54, 1.807) is 13.0 Å². The number of hydrogen-bond acceptors (Lipinski definition) is 3. The second kappa shape index (κ2) is 4.65. The smallest absolute Gasteiger partial charge is 0.308 e. The Morgan fingerprint density at radius 3 is 2.59 bits per heavy atom. The van der Waals surface area contributed by atoms with E-state index in [0.717, 1.165) is 11.1 Å². The lowest BCUT2D eigenvalue weighted by Crippen LogP contribution is -2.36. The maximum absolute atomic E-state index is 11.3. The Hall–Kier alpha value is -1.09. The molecule has 1 atom stereocenters. The van der Waals surface area contributed by atoms with Crippen molar-refractivity contribution < 1.29 is 14.6 Å². The van der Waals surface area contributed by atoms with Gasteiger partial charge in [-0.25, -0.2) is 0 Å². The molecule has 0 bridgehead atoms. The lowest BCUT2D eigenvalue weighted by atomic mass is 9.79. The van der Waals surface area contributed by atoms with E-state index in [0.29, 0.717) is 6.42 Å². The van der Waals surface area contributed by atoms with Crippen LogP contribution in [-0.2, 0) is 9.53 Å². The standard InChI is InChI=1S/C14H22O3/c1-6-12(15)17-14(16)8-10(2)7-11(9-14)13(3,4)5/h7-8,16H,6,9H2,1-5H3. The molecule has 1 aliphatic carbocycles. The summed E-state index contributed by atoms with van der Waals surface area (Å²) in [5.74, 6) is -1.86. The van der Waals surface area contributed by atoms with E-state index < -0.39 is 5.79 Å². The Labute approximate surface area is 103 Å². The molecular formula is C14H22O3. The topological polar surface area (TPSA) is 46.5 Å². The molecule has 3 heteroatoms. The first-order valence-electron chi connectivity index (χ1n) is 6.01. The van der Waals surface area contributed by atoms with Crippen molar-refractivity contribution in [2.24, 2.45) is 5.41 Å². The van der Waals surface area contributed by atoms with E-state index in [9.17, 15) is 9.90 Å². The SMILES string of the molecule is CCC(=O)OC1(O)C=C(C)C=C(C(C)(C)C)C1. The van der Waals surface area contributed by atoms with Crippen LogP contribution in [0.5, 0.6) is 0 Å². The Morgan fingerprint density at radius 2 is 2.12 bits per heavy atom. The summed E-state index contributed by atoms with van der Waals surface area (Å²) in [6.45, 7) is 9.86. The van der Waals surface area contributed by atoms with Crippen LogP contribution in [0.4, 0.5) is 0 Å². The zero-order valence-corrected chi connectivity index (χ0v) is 11.3. The summed E-state index contributed by atoms with van der Waals surface area (Å²) in [7, 11) is 0. The summed E-state index contributed by atoms with van der Waals surface area (Å²) >= 11 is 0. The Balaban J connectivity index is 2.94. The van der Waals surface area contributed by atoms with Crippen molar-refractivity contribution in [3.05, 3.63) is 23.3 Å². The molecular weight excluding hydrogens is 216 g/mol. The van der Waals surface area contributed by atoms with Crippen molar-refractivity contribution in [1.82, 2.24) is 0 Å². The fraction of sp³-hybridized carbons (Fsp3) is 0.643. The Morgan fingerprint density at radius 1 is 1.53 bits per heavy atom. The highest BCUT2D eigenvalue weighted by molar-refractivity contribution is 5.69. The van der Waals surface area contributed by atoms with E-state index in [1.807, 2.05) is 13.0 Å². The minimum atomic E-state index is -1.48. The molecule has 1 unspecified atom stereocenters. The third-order valence-electron chi connectivity index (χ3n) is 2.84. The number of ether oxygens (including phenoxy) is 1. The normalized spacial score (nSPS) is 25.1. The lowest BCUT2D eigenvalue weighted by Gasteiger charge is -2.34. The van der Waals surface area contributed by atoms with Gasteiger partial charge >= 0.3 is 5.97 Å². The van der Waals surface area contributed by atoms with Crippen LogP contribution in [0.25, 0.3) is 0 Å². The first-order valence-corrected chi connectivity index (χ1v) is 6.01. The van der Waals surface area contributed by atoms with Gasteiger partial charge in [0.1, 0.15) is 0 Å². The molecule has 96 valence electrons. The van der Waals surface area contributed by atoms with Crippen LogP contribution >= 0.6 is 0 Å². The second-order valence-corrected chi connectivity index (χ2v) is 5.66. The number of hydrogen-bond donors (Lipinski definition) is 1. The fourth-order valence-electron chi connectivity index (χ4n) is 1.86. The van der Waals surface area contributed by atoms with E-state index in [4.69, 9.17) is 4.74 Å². The summed E-state index contributed by atoms with van der Waals surface area (Å²) in [6.07, 6.45) is 4.27. The van der Waals surface area contributed by atoms with Crippen LogP contribution in [0.2, 0.25) is 0 Å². The predicted octanol–water partition coefficient (Wildman–Crippen LogP) is 2.95. The van der Waals surface area contributed by atoms with Crippen molar-refractivity contribution in [1.29, 1.82) is 0 Å². The zero-order valence-electron chi connectivity index (χ0n) is 11.3. The van der Waals surface area contributed by atoms with Gasteiger partial charge in [-0.2, -0.15) is 0 Å². The molecule has 0 aliphatic heterocycles. The molecule has 3 nitrogen and oxygen atoms in total. The number of rotatable bonds is 2.